The highest BCUT2D eigenvalue weighted by Crippen LogP contribution is 2.63. The Balaban J connectivity index is 0.964. The summed E-state index contributed by atoms with van der Waals surface area (Å²) < 4.78 is 9.02. The van der Waals surface area contributed by atoms with Crippen molar-refractivity contribution in [1.82, 2.24) is 4.57 Å². The fourth-order valence-corrected chi connectivity index (χ4v) is 12.2. The first-order valence-corrected chi connectivity index (χ1v) is 23.5. The maximum Gasteiger partial charge on any atom is 0.143 e. The molecule has 316 valence electrons. The number of hydrogen-bond acceptors (Lipinski definition) is 2. The molecular formula is C65H40N2O. The molecule has 11 aromatic carbocycles. The lowest BCUT2D eigenvalue weighted by Gasteiger charge is -2.32. The minimum Gasteiger partial charge on any atom is -0.455 e. The Kier molecular flexibility index (Phi) is 7.71. The van der Waals surface area contributed by atoms with Crippen molar-refractivity contribution in [2.45, 2.75) is 5.41 Å². The van der Waals surface area contributed by atoms with Crippen LogP contribution in [0, 0.1) is 0 Å². The van der Waals surface area contributed by atoms with Crippen LogP contribution in [0.4, 0.5) is 17.1 Å². The molecule has 68 heavy (non-hydrogen) atoms. The number of benzene rings is 11. The molecule has 0 aliphatic heterocycles. The fraction of sp³-hybridized carbons (Fsp3) is 0.0154. The van der Waals surface area contributed by atoms with Crippen molar-refractivity contribution in [3.05, 3.63) is 265 Å². The SMILES string of the molecule is c1ccc(N(c2ccc(-n3c4ccccc4c4ccccc43)cc2)c2ccc3c(c2)C2(c4ccccc4-c4ccccc42)c2ccccc2-3)c(-c2ccc3oc4c5ccccc5ccc4c3c2)c1. The van der Waals surface area contributed by atoms with Crippen molar-refractivity contribution in [2.24, 2.45) is 0 Å². The van der Waals surface area contributed by atoms with Crippen LogP contribution in [0.5, 0.6) is 0 Å². The van der Waals surface area contributed by atoms with Gasteiger partial charge in [0.15, 0.2) is 0 Å². The van der Waals surface area contributed by atoms with Crippen molar-refractivity contribution in [1.29, 1.82) is 0 Å². The van der Waals surface area contributed by atoms with Crippen LogP contribution in [0.15, 0.2) is 247 Å². The van der Waals surface area contributed by atoms with E-state index in [1.807, 2.05) is 0 Å². The lowest BCUT2D eigenvalue weighted by atomic mass is 9.70. The van der Waals surface area contributed by atoms with Gasteiger partial charge < -0.3 is 13.9 Å². The number of rotatable bonds is 5. The minimum absolute atomic E-state index is 0.474. The molecule has 0 fully saturated rings. The average molecular weight is 865 g/mol. The van der Waals surface area contributed by atoms with Gasteiger partial charge in [0.25, 0.3) is 0 Å². The van der Waals surface area contributed by atoms with Crippen molar-refractivity contribution in [3.63, 3.8) is 0 Å². The zero-order chi connectivity index (χ0) is 44.5. The third-order valence-electron chi connectivity index (χ3n) is 15.0. The maximum atomic E-state index is 6.62. The molecule has 15 rings (SSSR count). The molecule has 1 spiro atoms. The second kappa shape index (κ2) is 14.0. The van der Waals surface area contributed by atoms with Gasteiger partial charge in [-0.15, -0.1) is 0 Å². The number of aromatic nitrogens is 1. The topological polar surface area (TPSA) is 21.3 Å². The van der Waals surface area contributed by atoms with Crippen LogP contribution >= 0.6 is 0 Å². The van der Waals surface area contributed by atoms with E-state index in [2.05, 4.69) is 252 Å². The summed E-state index contributed by atoms with van der Waals surface area (Å²) in [5, 5.41) is 7.03. The second-order valence-corrected chi connectivity index (χ2v) is 18.3. The highest BCUT2D eigenvalue weighted by atomic mass is 16.3. The summed E-state index contributed by atoms with van der Waals surface area (Å²) in [4.78, 5) is 2.47. The first-order chi connectivity index (χ1) is 33.7. The van der Waals surface area contributed by atoms with Crippen LogP contribution in [-0.4, -0.2) is 4.57 Å². The monoisotopic (exact) mass is 864 g/mol. The predicted molar refractivity (Wildman–Crippen MR) is 282 cm³/mol. The standard InChI is InChI=1S/C65H40N2O/c1-2-17-47-41(15-1)29-36-54-55-39-42(30-38-63(55)68-64(47)54)46-16-6-12-26-60(46)66(43-31-33-44(34-32-43)67-61-27-13-7-21-52(61)53-22-8-14-28-62(53)67)45-35-37-51-50-20-5-11-25-58(50)65(59(51)40-45)56-23-9-3-18-48(56)49-19-4-10-24-57(49)65/h1-40H. The van der Waals surface area contributed by atoms with E-state index < -0.39 is 5.41 Å². The molecule has 2 aliphatic carbocycles. The van der Waals surface area contributed by atoms with Gasteiger partial charge in [0.05, 0.1) is 22.1 Å². The first-order valence-electron chi connectivity index (χ1n) is 23.5. The van der Waals surface area contributed by atoms with E-state index in [4.69, 9.17) is 4.42 Å². The molecule has 3 heteroatoms. The van der Waals surface area contributed by atoms with Crippen molar-refractivity contribution >= 4 is 71.6 Å². The van der Waals surface area contributed by atoms with Crippen LogP contribution in [-0.2, 0) is 5.41 Å². The summed E-state index contributed by atoms with van der Waals surface area (Å²) in [6.07, 6.45) is 0. The number of nitrogens with zero attached hydrogens (tertiary/aromatic N) is 2. The molecule has 0 saturated heterocycles. The van der Waals surface area contributed by atoms with Gasteiger partial charge in [-0.3, -0.25) is 0 Å². The molecule has 3 nitrogen and oxygen atoms in total. The number of para-hydroxylation sites is 3. The second-order valence-electron chi connectivity index (χ2n) is 18.3. The third kappa shape index (κ3) is 5.02. The van der Waals surface area contributed by atoms with E-state index in [-0.39, 0.29) is 0 Å². The molecular weight excluding hydrogens is 825 g/mol. The normalized spacial score (nSPS) is 13.1. The molecule has 2 heterocycles. The summed E-state index contributed by atoms with van der Waals surface area (Å²) in [6, 6.07) is 89.4. The zero-order valence-electron chi connectivity index (χ0n) is 36.9. The number of hydrogen-bond donors (Lipinski definition) is 0. The highest BCUT2D eigenvalue weighted by Gasteiger charge is 2.51. The minimum atomic E-state index is -0.474. The van der Waals surface area contributed by atoms with E-state index in [1.165, 1.54) is 71.7 Å². The third-order valence-corrected chi connectivity index (χ3v) is 15.0. The average Bonchev–Trinajstić information content (AvgIpc) is 4.13. The van der Waals surface area contributed by atoms with Gasteiger partial charge in [-0.1, -0.05) is 170 Å². The Morgan fingerprint density at radius 2 is 0.897 bits per heavy atom. The smallest absolute Gasteiger partial charge is 0.143 e. The Bertz CT molecular complexity index is 4110. The zero-order valence-corrected chi connectivity index (χ0v) is 36.9. The number of anilines is 3. The molecule has 0 atom stereocenters. The Hall–Kier alpha value is -8.92. The van der Waals surface area contributed by atoms with E-state index in [0.29, 0.717) is 0 Å². The Labute approximate surface area is 393 Å². The van der Waals surface area contributed by atoms with E-state index in [0.717, 1.165) is 61.2 Å². The lowest BCUT2D eigenvalue weighted by Crippen LogP contribution is -2.26. The lowest BCUT2D eigenvalue weighted by molar-refractivity contribution is 0.672. The van der Waals surface area contributed by atoms with Crippen LogP contribution in [0.1, 0.15) is 22.3 Å². The quantitative estimate of drug-likeness (QED) is 0.172. The molecule has 0 radical (unpaired) electrons. The van der Waals surface area contributed by atoms with Gasteiger partial charge in [-0.2, -0.15) is 0 Å². The van der Waals surface area contributed by atoms with Gasteiger partial charge in [-0.05, 0) is 128 Å². The molecule has 13 aromatic rings. The van der Waals surface area contributed by atoms with E-state index in [9.17, 15) is 0 Å². The molecule has 0 bridgehead atoms. The Morgan fingerprint density at radius 1 is 0.353 bits per heavy atom. The molecule has 0 N–H and O–H groups in total. The maximum absolute atomic E-state index is 6.62. The fourth-order valence-electron chi connectivity index (χ4n) is 12.2. The van der Waals surface area contributed by atoms with Crippen molar-refractivity contribution in [3.8, 4) is 39.1 Å². The molecule has 0 unspecified atom stereocenters. The number of fused-ring (bicyclic) bond motifs is 18. The van der Waals surface area contributed by atoms with Gasteiger partial charge >= 0.3 is 0 Å². The predicted octanol–water partition coefficient (Wildman–Crippen LogP) is 17.3. The summed E-state index contributed by atoms with van der Waals surface area (Å²) in [6.45, 7) is 0. The Morgan fingerprint density at radius 3 is 1.57 bits per heavy atom. The van der Waals surface area contributed by atoms with Gasteiger partial charge in [0.1, 0.15) is 11.2 Å². The number of furan rings is 1. The summed E-state index contributed by atoms with van der Waals surface area (Å²) in [7, 11) is 0. The van der Waals surface area contributed by atoms with Crippen molar-refractivity contribution < 1.29 is 4.42 Å². The molecule has 2 aliphatic rings. The summed E-state index contributed by atoms with van der Waals surface area (Å²) >= 11 is 0. The van der Waals surface area contributed by atoms with Crippen LogP contribution < -0.4 is 4.90 Å². The summed E-state index contributed by atoms with van der Waals surface area (Å²) in [5.74, 6) is 0. The summed E-state index contributed by atoms with van der Waals surface area (Å²) in [5.41, 5.74) is 20.8. The van der Waals surface area contributed by atoms with Gasteiger partial charge in [-0.25, -0.2) is 0 Å². The van der Waals surface area contributed by atoms with Gasteiger partial charge in [0, 0.05) is 49.6 Å². The molecule has 0 amide bonds. The van der Waals surface area contributed by atoms with Crippen LogP contribution in [0.3, 0.4) is 0 Å². The van der Waals surface area contributed by atoms with Crippen molar-refractivity contribution in [2.75, 3.05) is 4.90 Å². The highest BCUT2D eigenvalue weighted by molar-refractivity contribution is 6.16. The van der Waals surface area contributed by atoms with Gasteiger partial charge in [0.2, 0.25) is 0 Å². The largest absolute Gasteiger partial charge is 0.455 e. The van der Waals surface area contributed by atoms with Crippen LogP contribution in [0.2, 0.25) is 0 Å². The molecule has 0 saturated carbocycles. The molecule has 2 aromatic heterocycles. The van der Waals surface area contributed by atoms with E-state index >= 15 is 0 Å². The first kappa shape index (κ1) is 37.3. The van der Waals surface area contributed by atoms with E-state index in [1.54, 1.807) is 0 Å². The van der Waals surface area contributed by atoms with Crippen LogP contribution in [0.25, 0.3) is 93.6 Å².